The third-order valence-electron chi connectivity index (χ3n) is 5.87. The molecule has 0 amide bonds. The van der Waals surface area contributed by atoms with Gasteiger partial charge in [0.05, 0.1) is 0 Å². The van der Waals surface area contributed by atoms with Gasteiger partial charge >= 0.3 is 0 Å². The van der Waals surface area contributed by atoms with Crippen LogP contribution in [0.2, 0.25) is 0 Å². The average molecular weight is 396 g/mol. The van der Waals surface area contributed by atoms with Gasteiger partial charge in [-0.25, -0.2) is 22.1 Å². The van der Waals surface area contributed by atoms with Crippen LogP contribution in [0.15, 0.2) is 23.2 Å². The molecule has 0 bridgehead atoms. The first-order valence-electron chi connectivity index (χ1n) is 8.94. The van der Waals surface area contributed by atoms with E-state index >= 15 is 0 Å². The van der Waals surface area contributed by atoms with Crippen LogP contribution in [0.3, 0.4) is 0 Å². The monoisotopic (exact) mass is 396 g/mol. The largest absolute Gasteiger partial charge is 0.369 e. The van der Waals surface area contributed by atoms with Crippen LogP contribution in [0.5, 0.6) is 0 Å². The molecule has 1 fully saturated rings. The molecule has 2 aliphatic rings. The smallest absolute Gasteiger partial charge is 0.247 e. The molecule has 1 spiro atoms. The first-order chi connectivity index (χ1) is 12.6. The van der Waals surface area contributed by atoms with Gasteiger partial charge in [-0.1, -0.05) is 13.0 Å². The van der Waals surface area contributed by atoms with Crippen LogP contribution >= 0.6 is 0 Å². The Morgan fingerprint density at radius 1 is 1.44 bits per heavy atom. The zero-order valence-corrected chi connectivity index (χ0v) is 16.6. The van der Waals surface area contributed by atoms with Crippen molar-refractivity contribution in [1.29, 1.82) is 0 Å². The number of guanidine groups is 1. The third kappa shape index (κ3) is 2.75. The number of nitrogens with two attached hydrogens (primary N) is 1. The van der Waals surface area contributed by atoms with E-state index in [4.69, 9.17) is 5.73 Å². The standard InChI is InChI=1S/C18H25FN4O3S/c1-4-13(24)9-12-5-6-15(19)14(10-12)17(2)18(7-8-21-11-18)27(25,26)23(3)16(20)22-17/h5-6,10,21H,4,7-9,11H2,1-3H3,(H2,20,22)/t17-,18-/m1/s1. The molecule has 0 aromatic heterocycles. The van der Waals surface area contributed by atoms with Crippen LogP contribution in [0, 0.1) is 5.82 Å². The van der Waals surface area contributed by atoms with E-state index in [2.05, 4.69) is 10.3 Å². The lowest BCUT2D eigenvalue weighted by Gasteiger charge is -2.48. The molecule has 1 aromatic rings. The number of benzene rings is 1. The molecule has 0 aliphatic carbocycles. The second-order valence-electron chi connectivity index (χ2n) is 7.32. The Morgan fingerprint density at radius 3 is 2.74 bits per heavy atom. The summed E-state index contributed by atoms with van der Waals surface area (Å²) in [5, 5.41) is 3.08. The summed E-state index contributed by atoms with van der Waals surface area (Å²) in [7, 11) is -2.52. The summed E-state index contributed by atoms with van der Waals surface area (Å²) in [5.74, 6) is -0.716. The van der Waals surface area contributed by atoms with Gasteiger partial charge in [0, 0.05) is 32.0 Å². The van der Waals surface area contributed by atoms with Crippen LogP contribution in [0.4, 0.5) is 4.39 Å². The maximum atomic E-state index is 14.9. The van der Waals surface area contributed by atoms with Gasteiger partial charge < -0.3 is 11.1 Å². The van der Waals surface area contributed by atoms with E-state index in [-0.39, 0.29) is 36.7 Å². The van der Waals surface area contributed by atoms with E-state index in [0.29, 0.717) is 18.5 Å². The highest BCUT2D eigenvalue weighted by Crippen LogP contribution is 2.50. The number of aliphatic imine (C=N–C) groups is 1. The lowest BCUT2D eigenvalue weighted by molar-refractivity contribution is -0.118. The van der Waals surface area contributed by atoms with Gasteiger partial charge in [0.1, 0.15) is 21.9 Å². The molecule has 148 valence electrons. The predicted molar refractivity (Wildman–Crippen MR) is 101 cm³/mol. The summed E-state index contributed by atoms with van der Waals surface area (Å²) in [5.41, 5.74) is 5.27. The summed E-state index contributed by atoms with van der Waals surface area (Å²) in [6.07, 6.45) is 0.823. The number of Topliss-reactive ketones (excluding diaryl/α,β-unsaturated/α-hetero) is 1. The fourth-order valence-corrected chi connectivity index (χ4v) is 6.17. The summed E-state index contributed by atoms with van der Waals surface area (Å²) in [4.78, 5) is 16.3. The number of halogens is 1. The van der Waals surface area contributed by atoms with Crippen molar-refractivity contribution >= 4 is 21.8 Å². The van der Waals surface area contributed by atoms with Crippen molar-refractivity contribution in [1.82, 2.24) is 9.62 Å². The highest BCUT2D eigenvalue weighted by atomic mass is 32.2. The fraction of sp³-hybridized carbons (Fsp3) is 0.556. The molecule has 3 rings (SSSR count). The van der Waals surface area contributed by atoms with Crippen molar-refractivity contribution in [3.05, 3.63) is 35.1 Å². The zero-order valence-electron chi connectivity index (χ0n) is 15.8. The van der Waals surface area contributed by atoms with Gasteiger partial charge in [-0.2, -0.15) is 0 Å². The van der Waals surface area contributed by atoms with Crippen LogP contribution in [-0.4, -0.2) is 49.4 Å². The molecule has 0 radical (unpaired) electrons. The number of carbonyl (C=O) groups is 1. The third-order valence-corrected chi connectivity index (χ3v) is 8.51. The van der Waals surface area contributed by atoms with Crippen LogP contribution in [0.1, 0.15) is 37.8 Å². The molecule has 7 nitrogen and oxygen atoms in total. The van der Waals surface area contributed by atoms with E-state index in [0.717, 1.165) is 4.31 Å². The van der Waals surface area contributed by atoms with Gasteiger partial charge in [0.25, 0.3) is 0 Å². The highest BCUT2D eigenvalue weighted by Gasteiger charge is 2.64. The second kappa shape index (κ2) is 6.56. The highest BCUT2D eigenvalue weighted by molar-refractivity contribution is 7.91. The number of carbonyl (C=O) groups excluding carboxylic acids is 1. The minimum Gasteiger partial charge on any atom is -0.369 e. The number of nitrogens with zero attached hydrogens (tertiary/aromatic N) is 2. The first kappa shape index (κ1) is 19.8. The molecule has 0 unspecified atom stereocenters. The number of hydrogen-bond donors (Lipinski definition) is 2. The van der Waals surface area contributed by atoms with E-state index in [1.165, 1.54) is 13.1 Å². The fourth-order valence-electron chi connectivity index (χ4n) is 4.06. The quantitative estimate of drug-likeness (QED) is 0.786. The SMILES string of the molecule is CCC(=O)Cc1ccc(F)c([C@@]2(C)N=C(N)N(C)S(=O)(=O)[C@@]23CCNC3)c1. The Balaban J connectivity index is 2.24. The van der Waals surface area contributed by atoms with Crippen molar-refractivity contribution in [3.8, 4) is 0 Å². The van der Waals surface area contributed by atoms with E-state index in [1.54, 1.807) is 26.0 Å². The number of ketones is 1. The minimum absolute atomic E-state index is 0.0222. The van der Waals surface area contributed by atoms with Gasteiger partial charge in [-0.15, -0.1) is 0 Å². The minimum atomic E-state index is -3.88. The molecule has 9 heteroatoms. The normalized spacial score (nSPS) is 29.8. The van der Waals surface area contributed by atoms with Crippen molar-refractivity contribution < 1.29 is 17.6 Å². The molecule has 2 atom stereocenters. The Morgan fingerprint density at radius 2 is 2.15 bits per heavy atom. The predicted octanol–water partition coefficient (Wildman–Crippen LogP) is 0.885. The molecule has 1 saturated heterocycles. The van der Waals surface area contributed by atoms with Crippen molar-refractivity contribution in [2.24, 2.45) is 10.7 Å². The summed E-state index contributed by atoms with van der Waals surface area (Å²) in [6.45, 7) is 4.00. The molecule has 3 N–H and O–H groups in total. The first-order valence-corrected chi connectivity index (χ1v) is 10.4. The maximum absolute atomic E-state index is 14.9. The molecule has 2 aliphatic heterocycles. The number of hydrogen-bond acceptors (Lipinski definition) is 6. The summed E-state index contributed by atoms with van der Waals surface area (Å²) in [6, 6.07) is 4.37. The average Bonchev–Trinajstić information content (AvgIpc) is 3.13. The van der Waals surface area contributed by atoms with Crippen LogP contribution < -0.4 is 11.1 Å². The zero-order chi connectivity index (χ0) is 20.0. The molecule has 27 heavy (non-hydrogen) atoms. The molecule has 1 aromatic carbocycles. The van der Waals surface area contributed by atoms with Gasteiger partial charge in [0.15, 0.2) is 0 Å². The van der Waals surface area contributed by atoms with E-state index in [1.807, 2.05) is 0 Å². The van der Waals surface area contributed by atoms with Crippen molar-refractivity contribution in [3.63, 3.8) is 0 Å². The Labute approximate surface area is 158 Å². The van der Waals surface area contributed by atoms with E-state index < -0.39 is 26.1 Å². The van der Waals surface area contributed by atoms with Crippen LogP contribution in [-0.2, 0) is 26.8 Å². The summed E-state index contributed by atoms with van der Waals surface area (Å²) >= 11 is 0. The van der Waals surface area contributed by atoms with Gasteiger partial charge in [-0.05, 0) is 37.6 Å². The molecule has 2 heterocycles. The van der Waals surface area contributed by atoms with Crippen molar-refractivity contribution in [2.75, 3.05) is 20.1 Å². The maximum Gasteiger partial charge on any atom is 0.247 e. The second-order valence-corrected chi connectivity index (χ2v) is 9.60. The topological polar surface area (TPSA) is 105 Å². The van der Waals surface area contributed by atoms with Gasteiger partial charge in [0.2, 0.25) is 16.0 Å². The summed E-state index contributed by atoms with van der Waals surface area (Å²) < 4.78 is 41.1. The van der Waals surface area contributed by atoms with Gasteiger partial charge in [-0.3, -0.25) is 4.79 Å². The number of sulfonamides is 1. The Hall–Kier alpha value is -2.00. The molecule has 0 saturated carbocycles. The lowest BCUT2D eigenvalue weighted by atomic mass is 9.77. The Bertz CT molecular complexity index is 909. The Kier molecular flexibility index (Phi) is 4.80. The number of rotatable bonds is 4. The van der Waals surface area contributed by atoms with Crippen molar-refractivity contribution in [2.45, 2.75) is 43.4 Å². The molecular formula is C18H25FN4O3S. The number of nitrogens with one attached hydrogen (secondary N) is 1. The van der Waals surface area contributed by atoms with Crippen LogP contribution in [0.25, 0.3) is 0 Å². The van der Waals surface area contributed by atoms with E-state index in [9.17, 15) is 17.6 Å². The molecular weight excluding hydrogens is 371 g/mol. The lowest BCUT2D eigenvalue weighted by Crippen LogP contribution is -2.65.